The molecule has 1 saturated heterocycles. The van der Waals surface area contributed by atoms with Crippen LogP contribution in [0.4, 0.5) is 11.4 Å². The Labute approximate surface area is 172 Å². The fourth-order valence-corrected chi connectivity index (χ4v) is 5.25. The van der Waals surface area contributed by atoms with Gasteiger partial charge in [-0.2, -0.15) is 0 Å². The standard InChI is InChI=1S/C22H19ClN2O4/c23-13-2-1-3-15(10-13)25-20(26)11-4-6-14(7-5-11)24-21(27)18-12-8-16-17(9-12)29-22(28)19(16)18/h1-7,10,12,16-19H,8-9H2,(H,24,27)(H,25,26)/t12-,16+,17-,18-,19+/m1/s1. The molecule has 2 bridgehead atoms. The zero-order chi connectivity index (χ0) is 20.1. The molecule has 3 fully saturated rings. The van der Waals surface area contributed by atoms with Crippen molar-refractivity contribution in [3.63, 3.8) is 0 Å². The van der Waals surface area contributed by atoms with Gasteiger partial charge in [-0.3, -0.25) is 14.4 Å². The van der Waals surface area contributed by atoms with Crippen LogP contribution in [0.2, 0.25) is 5.02 Å². The molecule has 6 nitrogen and oxygen atoms in total. The van der Waals surface area contributed by atoms with E-state index in [4.69, 9.17) is 16.3 Å². The Morgan fingerprint density at radius 3 is 2.55 bits per heavy atom. The van der Waals surface area contributed by atoms with E-state index in [0.717, 1.165) is 12.8 Å². The molecule has 1 heterocycles. The number of amides is 2. The largest absolute Gasteiger partial charge is 0.462 e. The quantitative estimate of drug-likeness (QED) is 0.752. The number of ether oxygens (including phenoxy) is 1. The maximum atomic E-state index is 12.8. The molecule has 0 spiro atoms. The highest BCUT2D eigenvalue weighted by Gasteiger charge is 2.63. The van der Waals surface area contributed by atoms with Crippen LogP contribution in [0.5, 0.6) is 0 Å². The molecule has 2 amide bonds. The van der Waals surface area contributed by atoms with Crippen LogP contribution in [0.15, 0.2) is 48.5 Å². The summed E-state index contributed by atoms with van der Waals surface area (Å²) in [6, 6.07) is 13.6. The number of hydrogen-bond acceptors (Lipinski definition) is 4. The summed E-state index contributed by atoms with van der Waals surface area (Å²) in [4.78, 5) is 37.3. The lowest BCUT2D eigenvalue weighted by Gasteiger charge is -2.23. The van der Waals surface area contributed by atoms with E-state index in [-0.39, 0.29) is 47.6 Å². The highest BCUT2D eigenvalue weighted by atomic mass is 35.5. The first-order valence-corrected chi connectivity index (χ1v) is 10.1. The summed E-state index contributed by atoms with van der Waals surface area (Å²) in [7, 11) is 0. The smallest absolute Gasteiger partial charge is 0.310 e. The number of benzene rings is 2. The molecule has 0 radical (unpaired) electrons. The van der Waals surface area contributed by atoms with Crippen LogP contribution in [0.25, 0.3) is 0 Å². The van der Waals surface area contributed by atoms with Gasteiger partial charge >= 0.3 is 5.97 Å². The van der Waals surface area contributed by atoms with Gasteiger partial charge in [-0.1, -0.05) is 17.7 Å². The highest BCUT2D eigenvalue weighted by molar-refractivity contribution is 6.31. The molecular weight excluding hydrogens is 392 g/mol. The fraction of sp³-hybridized carbons (Fsp3) is 0.318. The maximum absolute atomic E-state index is 12.8. The zero-order valence-electron chi connectivity index (χ0n) is 15.4. The summed E-state index contributed by atoms with van der Waals surface area (Å²) in [6.07, 6.45) is 1.69. The summed E-state index contributed by atoms with van der Waals surface area (Å²) in [5.74, 6) is -0.856. The molecule has 2 aromatic rings. The van der Waals surface area contributed by atoms with E-state index in [0.29, 0.717) is 22.0 Å². The summed E-state index contributed by atoms with van der Waals surface area (Å²) in [5.41, 5.74) is 1.67. The van der Waals surface area contributed by atoms with Crippen LogP contribution in [0, 0.1) is 23.7 Å². The Morgan fingerprint density at radius 1 is 1.00 bits per heavy atom. The topological polar surface area (TPSA) is 84.5 Å². The molecular formula is C22H19ClN2O4. The van der Waals surface area contributed by atoms with E-state index in [9.17, 15) is 14.4 Å². The lowest BCUT2D eigenvalue weighted by atomic mass is 9.79. The molecule has 2 aliphatic carbocycles. The second-order valence-electron chi connectivity index (χ2n) is 7.95. The average molecular weight is 411 g/mol. The van der Waals surface area contributed by atoms with E-state index in [1.54, 1.807) is 48.5 Å². The molecule has 0 aromatic heterocycles. The van der Waals surface area contributed by atoms with Crippen LogP contribution in [-0.2, 0) is 14.3 Å². The van der Waals surface area contributed by atoms with E-state index >= 15 is 0 Å². The van der Waals surface area contributed by atoms with Crippen molar-refractivity contribution in [1.82, 2.24) is 0 Å². The molecule has 1 aliphatic heterocycles. The zero-order valence-corrected chi connectivity index (χ0v) is 16.2. The van der Waals surface area contributed by atoms with Gasteiger partial charge in [0.1, 0.15) is 6.10 Å². The predicted octanol–water partition coefficient (Wildman–Crippen LogP) is 3.73. The van der Waals surface area contributed by atoms with Crippen molar-refractivity contribution in [3.8, 4) is 0 Å². The van der Waals surface area contributed by atoms with E-state index in [2.05, 4.69) is 10.6 Å². The van der Waals surface area contributed by atoms with Gasteiger partial charge in [0, 0.05) is 27.9 Å². The first-order chi connectivity index (χ1) is 14.0. The van der Waals surface area contributed by atoms with Crippen molar-refractivity contribution in [2.24, 2.45) is 23.7 Å². The van der Waals surface area contributed by atoms with Crippen molar-refractivity contribution in [2.45, 2.75) is 18.9 Å². The third-order valence-electron chi connectivity index (χ3n) is 6.28. The van der Waals surface area contributed by atoms with E-state index in [1.807, 2.05) is 0 Å². The van der Waals surface area contributed by atoms with Gasteiger partial charge < -0.3 is 15.4 Å². The molecule has 5 atom stereocenters. The Balaban J connectivity index is 1.24. The van der Waals surface area contributed by atoms with Gasteiger partial charge in [0.05, 0.1) is 11.8 Å². The van der Waals surface area contributed by atoms with Crippen LogP contribution in [-0.4, -0.2) is 23.9 Å². The van der Waals surface area contributed by atoms with Crippen LogP contribution in [0.3, 0.4) is 0 Å². The molecule has 2 aromatic carbocycles. The summed E-state index contributed by atoms with van der Waals surface area (Å²) in [6.45, 7) is 0. The Bertz CT molecular complexity index is 1000. The van der Waals surface area contributed by atoms with Crippen molar-refractivity contribution >= 4 is 40.8 Å². The maximum Gasteiger partial charge on any atom is 0.310 e. The van der Waals surface area contributed by atoms with E-state index < -0.39 is 0 Å². The Kier molecular flexibility index (Phi) is 4.32. The lowest BCUT2D eigenvalue weighted by molar-refractivity contribution is -0.145. The van der Waals surface area contributed by atoms with Gasteiger partial charge in [0.2, 0.25) is 5.91 Å². The van der Waals surface area contributed by atoms with Crippen molar-refractivity contribution in [3.05, 3.63) is 59.1 Å². The second-order valence-corrected chi connectivity index (χ2v) is 8.39. The molecule has 2 N–H and O–H groups in total. The van der Waals surface area contributed by atoms with Crippen molar-refractivity contribution in [2.75, 3.05) is 10.6 Å². The number of nitrogens with one attached hydrogen (secondary N) is 2. The number of anilines is 2. The number of rotatable bonds is 4. The number of hydrogen-bond donors (Lipinski definition) is 2. The molecule has 29 heavy (non-hydrogen) atoms. The second kappa shape index (κ2) is 6.88. The summed E-state index contributed by atoms with van der Waals surface area (Å²) < 4.78 is 5.40. The molecule has 2 saturated carbocycles. The average Bonchev–Trinajstić information content (AvgIpc) is 3.31. The summed E-state index contributed by atoms with van der Waals surface area (Å²) >= 11 is 5.93. The van der Waals surface area contributed by atoms with Gasteiger partial charge in [0.15, 0.2) is 0 Å². The lowest BCUT2D eigenvalue weighted by Crippen LogP contribution is -2.35. The molecule has 148 valence electrons. The number of carbonyl (C=O) groups excluding carboxylic acids is 3. The monoisotopic (exact) mass is 410 g/mol. The molecule has 7 heteroatoms. The van der Waals surface area contributed by atoms with Gasteiger partial charge in [0.25, 0.3) is 5.91 Å². The first kappa shape index (κ1) is 18.2. The highest BCUT2D eigenvalue weighted by Crippen LogP contribution is 2.57. The Morgan fingerprint density at radius 2 is 1.79 bits per heavy atom. The third-order valence-corrected chi connectivity index (χ3v) is 6.52. The predicted molar refractivity (Wildman–Crippen MR) is 108 cm³/mol. The number of fused-ring (bicyclic) bond motifs is 1. The minimum atomic E-state index is -0.322. The summed E-state index contributed by atoms with van der Waals surface area (Å²) in [5, 5.41) is 6.22. The van der Waals surface area contributed by atoms with Crippen molar-refractivity contribution < 1.29 is 19.1 Å². The first-order valence-electron chi connectivity index (χ1n) is 9.68. The van der Waals surface area contributed by atoms with Crippen LogP contribution in [0.1, 0.15) is 23.2 Å². The third kappa shape index (κ3) is 3.17. The molecule has 5 rings (SSSR count). The molecule has 0 unspecified atom stereocenters. The number of carbonyl (C=O) groups is 3. The van der Waals surface area contributed by atoms with Crippen LogP contribution >= 0.6 is 11.6 Å². The normalized spacial score (nSPS) is 28.9. The minimum Gasteiger partial charge on any atom is -0.462 e. The van der Waals surface area contributed by atoms with Gasteiger partial charge in [-0.05, 0) is 61.2 Å². The fourth-order valence-electron chi connectivity index (χ4n) is 5.06. The van der Waals surface area contributed by atoms with Crippen molar-refractivity contribution in [1.29, 1.82) is 0 Å². The number of esters is 1. The minimum absolute atomic E-state index is 0.0128. The molecule has 3 aliphatic rings. The van der Waals surface area contributed by atoms with Gasteiger partial charge in [-0.25, -0.2) is 0 Å². The van der Waals surface area contributed by atoms with Gasteiger partial charge in [-0.15, -0.1) is 0 Å². The van der Waals surface area contributed by atoms with E-state index in [1.165, 1.54) is 0 Å². The van der Waals surface area contributed by atoms with Crippen LogP contribution < -0.4 is 10.6 Å². The Hall–Kier alpha value is -2.86. The SMILES string of the molecule is O=C(Nc1cccc(Cl)c1)c1ccc(NC(=O)[C@@H]2[C@@H]3C[C@@H]4[C@@H]2C(=O)O[C@@H]4C3)cc1. The number of halogens is 1.